The van der Waals surface area contributed by atoms with E-state index in [1.165, 1.54) is 5.56 Å². The number of aromatic amines is 1. The number of nitrogens with zero attached hydrogens (tertiary/aromatic N) is 4. The molecule has 0 aliphatic carbocycles. The maximum atomic E-state index is 12.6. The average molecular weight is 287 g/mol. The molecule has 0 radical (unpaired) electrons. The van der Waals surface area contributed by atoms with Crippen LogP contribution >= 0.6 is 0 Å². The Kier molecular flexibility index (Phi) is 3.77. The van der Waals surface area contributed by atoms with E-state index in [-0.39, 0.29) is 5.91 Å². The van der Waals surface area contributed by atoms with Gasteiger partial charge in [0.1, 0.15) is 0 Å². The lowest BCUT2D eigenvalue weighted by Gasteiger charge is -2.32. The van der Waals surface area contributed by atoms with Crippen molar-refractivity contribution in [1.82, 2.24) is 24.9 Å². The van der Waals surface area contributed by atoms with Crippen molar-refractivity contribution in [2.45, 2.75) is 39.2 Å². The second-order valence-corrected chi connectivity index (χ2v) is 5.64. The Morgan fingerprint density at radius 1 is 1.48 bits per heavy atom. The highest BCUT2D eigenvalue weighted by molar-refractivity contribution is 5.93. The van der Waals surface area contributed by atoms with Crippen LogP contribution in [-0.2, 0) is 6.54 Å². The summed E-state index contributed by atoms with van der Waals surface area (Å²) in [5, 5.41) is 11.4. The number of hydrogen-bond acceptors (Lipinski definition) is 3. The summed E-state index contributed by atoms with van der Waals surface area (Å²) < 4.78 is 1.79. The fraction of sp³-hybridized carbons (Fsp3) is 0.533. The Bertz CT molecular complexity index is 630. The van der Waals surface area contributed by atoms with Crippen LogP contribution in [0.2, 0.25) is 0 Å². The van der Waals surface area contributed by atoms with Crippen molar-refractivity contribution in [3.63, 3.8) is 0 Å². The molecular weight excluding hydrogens is 266 g/mol. The number of likely N-dealkylation sites (tertiary alicyclic amines) is 1. The van der Waals surface area contributed by atoms with Crippen LogP contribution in [0.3, 0.4) is 0 Å². The molecule has 1 amide bonds. The molecule has 1 fully saturated rings. The first-order chi connectivity index (χ1) is 10.2. The van der Waals surface area contributed by atoms with Gasteiger partial charge in [0.2, 0.25) is 0 Å². The topological polar surface area (TPSA) is 66.8 Å². The van der Waals surface area contributed by atoms with Crippen LogP contribution in [0, 0.1) is 6.92 Å². The summed E-state index contributed by atoms with van der Waals surface area (Å²) in [5.74, 6) is 0.433. The minimum Gasteiger partial charge on any atom is -0.338 e. The Labute approximate surface area is 124 Å². The Balaban J connectivity index is 1.73. The van der Waals surface area contributed by atoms with Gasteiger partial charge in [-0.15, -0.1) is 0 Å². The molecule has 21 heavy (non-hydrogen) atoms. The number of carbonyl (C=O) groups excluding carboxylic acids is 1. The summed E-state index contributed by atoms with van der Waals surface area (Å²) in [5.41, 5.74) is 3.02. The number of piperidine rings is 1. The van der Waals surface area contributed by atoms with Gasteiger partial charge >= 0.3 is 0 Å². The predicted molar refractivity (Wildman–Crippen MR) is 79.1 cm³/mol. The Morgan fingerprint density at radius 3 is 3.00 bits per heavy atom. The van der Waals surface area contributed by atoms with Gasteiger partial charge in [0.15, 0.2) is 0 Å². The molecule has 1 aliphatic heterocycles. The van der Waals surface area contributed by atoms with Gasteiger partial charge in [-0.05, 0) is 32.3 Å². The van der Waals surface area contributed by atoms with Gasteiger partial charge in [0.25, 0.3) is 5.91 Å². The van der Waals surface area contributed by atoms with Crippen molar-refractivity contribution in [3.8, 4) is 0 Å². The van der Waals surface area contributed by atoms with E-state index in [4.69, 9.17) is 0 Å². The van der Waals surface area contributed by atoms with Crippen LogP contribution < -0.4 is 0 Å². The summed E-state index contributed by atoms with van der Waals surface area (Å²) in [7, 11) is 0. The van der Waals surface area contributed by atoms with Crippen LogP contribution in [0.5, 0.6) is 0 Å². The summed E-state index contributed by atoms with van der Waals surface area (Å²) in [6.45, 7) is 6.42. The number of carbonyl (C=O) groups is 1. The van der Waals surface area contributed by atoms with Crippen molar-refractivity contribution in [2.24, 2.45) is 0 Å². The highest BCUT2D eigenvalue weighted by atomic mass is 16.2. The highest BCUT2D eigenvalue weighted by Crippen LogP contribution is 2.28. The van der Waals surface area contributed by atoms with E-state index in [1.807, 2.05) is 24.2 Å². The van der Waals surface area contributed by atoms with Crippen molar-refractivity contribution >= 4 is 5.91 Å². The van der Waals surface area contributed by atoms with Gasteiger partial charge < -0.3 is 4.90 Å². The molecule has 2 aromatic rings. The summed E-state index contributed by atoms with van der Waals surface area (Å²) in [4.78, 5) is 14.5. The third-order valence-corrected chi connectivity index (χ3v) is 4.19. The Hall–Kier alpha value is -2.11. The van der Waals surface area contributed by atoms with Crippen LogP contribution in [0.15, 0.2) is 18.6 Å². The first-order valence-corrected chi connectivity index (χ1v) is 7.50. The van der Waals surface area contributed by atoms with Crippen LogP contribution in [0.25, 0.3) is 0 Å². The van der Waals surface area contributed by atoms with Crippen molar-refractivity contribution < 1.29 is 4.79 Å². The molecule has 3 heterocycles. The summed E-state index contributed by atoms with van der Waals surface area (Å²) in [6, 6.07) is 0. The standard InChI is InChI=1S/C15H21N5O/c1-3-20-10-13(8-17-20)15(21)19-6-4-5-12(9-19)14-11(2)7-16-18-14/h7-8,10,12H,3-6,9H2,1-2H3,(H,16,18)/t12-/m0/s1. The molecule has 112 valence electrons. The van der Waals surface area contributed by atoms with E-state index in [1.54, 1.807) is 10.9 Å². The van der Waals surface area contributed by atoms with Gasteiger partial charge in [-0.1, -0.05) is 0 Å². The molecule has 0 bridgehead atoms. The monoisotopic (exact) mass is 287 g/mol. The van der Waals surface area contributed by atoms with E-state index in [2.05, 4.69) is 22.2 Å². The number of aromatic nitrogens is 4. The fourth-order valence-electron chi connectivity index (χ4n) is 3.00. The molecule has 6 heteroatoms. The van der Waals surface area contributed by atoms with E-state index in [9.17, 15) is 4.79 Å². The molecule has 2 aromatic heterocycles. The minimum absolute atomic E-state index is 0.0802. The first-order valence-electron chi connectivity index (χ1n) is 7.50. The molecule has 0 spiro atoms. The lowest BCUT2D eigenvalue weighted by molar-refractivity contribution is 0.0705. The van der Waals surface area contributed by atoms with Gasteiger partial charge in [-0.3, -0.25) is 14.6 Å². The van der Waals surface area contributed by atoms with Crippen LogP contribution in [-0.4, -0.2) is 43.9 Å². The van der Waals surface area contributed by atoms with Gasteiger partial charge in [0.05, 0.1) is 18.0 Å². The summed E-state index contributed by atoms with van der Waals surface area (Å²) in [6.07, 6.45) is 7.46. The lowest BCUT2D eigenvalue weighted by Crippen LogP contribution is -2.39. The van der Waals surface area contributed by atoms with Gasteiger partial charge in [0, 0.05) is 37.4 Å². The quantitative estimate of drug-likeness (QED) is 0.938. The molecule has 1 aliphatic rings. The SMILES string of the molecule is CCn1cc(C(=O)N2CCC[C@H](c3[nH]ncc3C)C2)cn1. The van der Waals surface area contributed by atoms with Crippen LogP contribution in [0.1, 0.15) is 47.3 Å². The Morgan fingerprint density at radius 2 is 2.33 bits per heavy atom. The molecule has 0 aromatic carbocycles. The van der Waals surface area contributed by atoms with Crippen molar-refractivity contribution in [2.75, 3.05) is 13.1 Å². The fourth-order valence-corrected chi connectivity index (χ4v) is 3.00. The highest BCUT2D eigenvalue weighted by Gasteiger charge is 2.27. The van der Waals surface area contributed by atoms with Crippen molar-refractivity contribution in [3.05, 3.63) is 35.4 Å². The maximum absolute atomic E-state index is 12.6. The number of amides is 1. The maximum Gasteiger partial charge on any atom is 0.257 e. The third kappa shape index (κ3) is 2.70. The molecule has 0 saturated carbocycles. The number of nitrogens with one attached hydrogen (secondary N) is 1. The minimum atomic E-state index is 0.0802. The molecule has 1 N–H and O–H groups in total. The first kappa shape index (κ1) is 13.9. The van der Waals surface area contributed by atoms with Gasteiger partial charge in [-0.25, -0.2) is 0 Å². The predicted octanol–water partition coefficient (Wildman–Crippen LogP) is 1.95. The molecular formula is C15H21N5O. The number of hydrogen-bond donors (Lipinski definition) is 1. The zero-order valence-corrected chi connectivity index (χ0v) is 12.5. The molecule has 1 atom stereocenters. The lowest BCUT2D eigenvalue weighted by atomic mass is 9.92. The van der Waals surface area contributed by atoms with Crippen molar-refractivity contribution in [1.29, 1.82) is 0 Å². The number of rotatable bonds is 3. The van der Waals surface area contributed by atoms with E-state index in [0.29, 0.717) is 11.5 Å². The van der Waals surface area contributed by atoms with E-state index < -0.39 is 0 Å². The summed E-state index contributed by atoms with van der Waals surface area (Å²) >= 11 is 0. The van der Waals surface area contributed by atoms with E-state index in [0.717, 1.165) is 38.2 Å². The van der Waals surface area contributed by atoms with E-state index >= 15 is 0 Å². The number of H-pyrrole nitrogens is 1. The van der Waals surface area contributed by atoms with Crippen LogP contribution in [0.4, 0.5) is 0 Å². The number of aryl methyl sites for hydroxylation is 2. The molecule has 6 nitrogen and oxygen atoms in total. The molecule has 1 saturated heterocycles. The second-order valence-electron chi connectivity index (χ2n) is 5.64. The smallest absolute Gasteiger partial charge is 0.257 e. The second kappa shape index (κ2) is 5.71. The normalized spacial score (nSPS) is 19.0. The zero-order valence-electron chi connectivity index (χ0n) is 12.5. The third-order valence-electron chi connectivity index (χ3n) is 4.19. The molecule has 0 unspecified atom stereocenters. The largest absolute Gasteiger partial charge is 0.338 e. The molecule has 3 rings (SSSR count). The zero-order chi connectivity index (χ0) is 14.8. The average Bonchev–Trinajstić information content (AvgIpc) is 3.15. The van der Waals surface area contributed by atoms with Gasteiger partial charge in [-0.2, -0.15) is 10.2 Å².